The Hall–Kier alpha value is -1.19. The molecule has 1 aromatic carbocycles. The molecule has 2 rings (SSSR count). The van der Waals surface area contributed by atoms with Crippen molar-refractivity contribution in [3.8, 4) is 0 Å². The minimum absolute atomic E-state index is 0.217. The Morgan fingerprint density at radius 2 is 1.80 bits per heavy atom. The van der Waals surface area contributed by atoms with E-state index in [2.05, 4.69) is 67.6 Å². The van der Waals surface area contributed by atoms with Crippen LogP contribution in [-0.2, 0) is 0 Å². The van der Waals surface area contributed by atoms with Gasteiger partial charge in [0.05, 0.1) is 6.04 Å². The highest BCUT2D eigenvalue weighted by atomic mass is 32.1. The van der Waals surface area contributed by atoms with Gasteiger partial charge in [-0.15, -0.1) is 11.3 Å². The van der Waals surface area contributed by atoms with Crippen molar-refractivity contribution >= 4 is 11.3 Å². The van der Waals surface area contributed by atoms with Crippen molar-refractivity contribution in [3.63, 3.8) is 0 Å². The van der Waals surface area contributed by atoms with Crippen molar-refractivity contribution in [1.29, 1.82) is 0 Å². The van der Waals surface area contributed by atoms with Crippen molar-refractivity contribution < 1.29 is 0 Å². The summed E-state index contributed by atoms with van der Waals surface area (Å²) in [5.41, 5.74) is 3.79. The lowest BCUT2D eigenvalue weighted by molar-refractivity contribution is 0.595. The summed E-state index contributed by atoms with van der Waals surface area (Å²) in [7, 11) is 0. The molecule has 2 aromatic rings. The molecule has 0 aliphatic heterocycles. The van der Waals surface area contributed by atoms with Crippen LogP contribution in [0, 0.1) is 6.92 Å². The van der Waals surface area contributed by atoms with E-state index in [0.717, 1.165) is 23.7 Å². The number of aryl methyl sites for hydroxylation is 1. The highest BCUT2D eigenvalue weighted by molar-refractivity contribution is 7.09. The molecule has 1 atom stereocenters. The first-order chi connectivity index (χ1) is 9.61. The molecule has 108 valence electrons. The van der Waals surface area contributed by atoms with Crippen LogP contribution in [0.5, 0.6) is 0 Å². The highest BCUT2D eigenvalue weighted by Gasteiger charge is 2.16. The zero-order valence-electron chi connectivity index (χ0n) is 12.8. The molecule has 0 amide bonds. The molecule has 0 saturated heterocycles. The van der Waals surface area contributed by atoms with Gasteiger partial charge in [-0.3, -0.25) is 0 Å². The lowest BCUT2D eigenvalue weighted by Crippen LogP contribution is -2.23. The maximum absolute atomic E-state index is 4.65. The average molecular weight is 288 g/mol. The summed E-state index contributed by atoms with van der Waals surface area (Å²) in [5, 5.41) is 6.90. The Balaban J connectivity index is 2.26. The number of thiazole rings is 1. The lowest BCUT2D eigenvalue weighted by Gasteiger charge is -2.17. The van der Waals surface area contributed by atoms with Crippen LogP contribution < -0.4 is 5.32 Å². The van der Waals surface area contributed by atoms with Gasteiger partial charge in [-0.05, 0) is 36.9 Å². The molecule has 3 heteroatoms. The number of nitrogens with zero attached hydrogens (tertiary/aromatic N) is 1. The monoisotopic (exact) mass is 288 g/mol. The molecule has 0 radical (unpaired) electrons. The predicted molar refractivity (Wildman–Crippen MR) is 87.5 cm³/mol. The predicted octanol–water partition coefficient (Wildman–Crippen LogP) is 4.66. The summed E-state index contributed by atoms with van der Waals surface area (Å²) in [6.45, 7) is 9.71. The van der Waals surface area contributed by atoms with E-state index < -0.39 is 0 Å². The molecule has 0 aliphatic rings. The Bertz CT molecular complexity index is 528. The number of nitrogens with one attached hydrogen (secondary N) is 1. The fourth-order valence-corrected chi connectivity index (χ4v) is 3.11. The van der Waals surface area contributed by atoms with Crippen molar-refractivity contribution in [3.05, 3.63) is 51.5 Å². The fraction of sp³-hybridized carbons (Fsp3) is 0.471. The second kappa shape index (κ2) is 7.00. The van der Waals surface area contributed by atoms with Gasteiger partial charge >= 0.3 is 0 Å². The summed E-state index contributed by atoms with van der Waals surface area (Å²) < 4.78 is 0. The summed E-state index contributed by atoms with van der Waals surface area (Å²) in [6.07, 6.45) is 1.13. The van der Waals surface area contributed by atoms with Crippen LogP contribution in [0.1, 0.15) is 61.0 Å². The Labute approximate surface area is 126 Å². The zero-order valence-corrected chi connectivity index (χ0v) is 13.6. The lowest BCUT2D eigenvalue weighted by atomic mass is 9.99. The van der Waals surface area contributed by atoms with Gasteiger partial charge in [-0.1, -0.05) is 45.0 Å². The smallest absolute Gasteiger partial charge is 0.114 e. The first kappa shape index (κ1) is 15.2. The van der Waals surface area contributed by atoms with Crippen LogP contribution in [0.15, 0.2) is 29.6 Å². The largest absolute Gasteiger partial charge is 0.304 e. The molecular weight excluding hydrogens is 264 g/mol. The molecule has 20 heavy (non-hydrogen) atoms. The van der Waals surface area contributed by atoms with Gasteiger partial charge in [0.2, 0.25) is 0 Å². The van der Waals surface area contributed by atoms with E-state index in [4.69, 9.17) is 0 Å². The van der Waals surface area contributed by atoms with Crippen molar-refractivity contribution in [1.82, 2.24) is 10.3 Å². The third-order valence-corrected chi connectivity index (χ3v) is 4.45. The standard InChI is InChI=1S/C17H24N2S/c1-5-10-18-16(17-19-13(4)11-20-17)15-8-6-14(7-9-15)12(2)3/h6-9,11-12,16,18H,5,10H2,1-4H3. The number of rotatable bonds is 6. The molecule has 0 spiro atoms. The number of aromatic nitrogens is 1. The van der Waals surface area contributed by atoms with E-state index in [1.54, 1.807) is 11.3 Å². The second-order valence-corrected chi connectivity index (χ2v) is 6.43. The van der Waals surface area contributed by atoms with Gasteiger partial charge in [0, 0.05) is 11.1 Å². The maximum Gasteiger partial charge on any atom is 0.114 e. The van der Waals surface area contributed by atoms with Gasteiger partial charge in [0.1, 0.15) is 5.01 Å². The normalized spacial score (nSPS) is 12.8. The third-order valence-electron chi connectivity index (χ3n) is 3.42. The van der Waals surface area contributed by atoms with Crippen molar-refractivity contribution in [2.24, 2.45) is 0 Å². The van der Waals surface area contributed by atoms with Crippen LogP contribution in [0.2, 0.25) is 0 Å². The van der Waals surface area contributed by atoms with Crippen LogP contribution in [0.4, 0.5) is 0 Å². The number of benzene rings is 1. The second-order valence-electron chi connectivity index (χ2n) is 5.54. The quantitative estimate of drug-likeness (QED) is 0.836. The summed E-state index contributed by atoms with van der Waals surface area (Å²) in [6, 6.07) is 9.16. The molecule has 0 fully saturated rings. The number of hydrogen-bond acceptors (Lipinski definition) is 3. The zero-order chi connectivity index (χ0) is 14.5. The molecule has 1 aromatic heterocycles. The van der Waals surface area contributed by atoms with E-state index in [1.807, 2.05) is 0 Å². The summed E-state index contributed by atoms with van der Waals surface area (Å²) >= 11 is 1.74. The molecule has 0 aliphatic carbocycles. The SMILES string of the molecule is CCCNC(c1ccc(C(C)C)cc1)c1nc(C)cs1. The van der Waals surface area contributed by atoms with E-state index >= 15 is 0 Å². The van der Waals surface area contributed by atoms with Crippen LogP contribution >= 0.6 is 11.3 Å². The molecule has 1 heterocycles. The Kier molecular flexibility index (Phi) is 5.32. The topological polar surface area (TPSA) is 24.9 Å². The van der Waals surface area contributed by atoms with E-state index in [1.165, 1.54) is 11.1 Å². The molecular formula is C17H24N2S. The minimum Gasteiger partial charge on any atom is -0.304 e. The van der Waals surface area contributed by atoms with Gasteiger partial charge in [0.15, 0.2) is 0 Å². The Morgan fingerprint density at radius 1 is 1.15 bits per heavy atom. The average Bonchev–Trinajstić information content (AvgIpc) is 2.86. The van der Waals surface area contributed by atoms with Gasteiger partial charge in [0.25, 0.3) is 0 Å². The van der Waals surface area contributed by atoms with Crippen LogP contribution in [0.25, 0.3) is 0 Å². The van der Waals surface area contributed by atoms with E-state index in [9.17, 15) is 0 Å². The first-order valence-corrected chi connectivity index (χ1v) is 8.25. The van der Waals surface area contributed by atoms with Crippen molar-refractivity contribution in [2.75, 3.05) is 6.54 Å². The van der Waals surface area contributed by atoms with E-state index in [0.29, 0.717) is 5.92 Å². The third kappa shape index (κ3) is 3.68. The minimum atomic E-state index is 0.217. The van der Waals surface area contributed by atoms with Crippen LogP contribution in [0.3, 0.4) is 0 Å². The molecule has 1 unspecified atom stereocenters. The molecule has 1 N–H and O–H groups in total. The molecule has 0 bridgehead atoms. The van der Waals surface area contributed by atoms with Gasteiger partial charge in [-0.2, -0.15) is 0 Å². The highest BCUT2D eigenvalue weighted by Crippen LogP contribution is 2.26. The summed E-state index contributed by atoms with van der Waals surface area (Å²) in [4.78, 5) is 4.65. The Morgan fingerprint density at radius 3 is 2.30 bits per heavy atom. The molecule has 2 nitrogen and oxygen atoms in total. The van der Waals surface area contributed by atoms with Crippen molar-refractivity contribution in [2.45, 2.75) is 46.1 Å². The van der Waals surface area contributed by atoms with Gasteiger partial charge in [-0.25, -0.2) is 4.98 Å². The van der Waals surface area contributed by atoms with Crippen LogP contribution in [-0.4, -0.2) is 11.5 Å². The van der Waals surface area contributed by atoms with E-state index in [-0.39, 0.29) is 6.04 Å². The van der Waals surface area contributed by atoms with Gasteiger partial charge < -0.3 is 5.32 Å². The summed E-state index contributed by atoms with van der Waals surface area (Å²) in [5.74, 6) is 0.577. The fourth-order valence-electron chi connectivity index (χ4n) is 2.21. The number of hydrogen-bond donors (Lipinski definition) is 1. The first-order valence-electron chi connectivity index (χ1n) is 7.37. The molecule has 0 saturated carbocycles. The maximum atomic E-state index is 4.65.